The molecular weight excluding hydrogens is 276 g/mol. The van der Waals surface area contributed by atoms with Gasteiger partial charge in [0.2, 0.25) is 5.91 Å². The van der Waals surface area contributed by atoms with E-state index in [4.69, 9.17) is 9.97 Å². The van der Waals surface area contributed by atoms with E-state index in [2.05, 4.69) is 26.1 Å². The van der Waals surface area contributed by atoms with Crippen LogP contribution in [0.5, 0.6) is 0 Å². The van der Waals surface area contributed by atoms with Crippen LogP contribution in [0.3, 0.4) is 0 Å². The summed E-state index contributed by atoms with van der Waals surface area (Å²) in [5.41, 5.74) is 2.21. The van der Waals surface area contributed by atoms with Crippen molar-refractivity contribution in [2.75, 3.05) is 24.5 Å². The number of hydrogen-bond donors (Lipinski definition) is 1. The van der Waals surface area contributed by atoms with Crippen molar-refractivity contribution in [1.29, 1.82) is 0 Å². The molecule has 1 saturated heterocycles. The molecule has 1 amide bonds. The highest BCUT2D eigenvalue weighted by Crippen LogP contribution is 2.31. The summed E-state index contributed by atoms with van der Waals surface area (Å²) in [5, 5.41) is 3.37. The van der Waals surface area contributed by atoms with Crippen LogP contribution in [-0.2, 0) is 11.2 Å². The second kappa shape index (κ2) is 6.32. The van der Waals surface area contributed by atoms with Gasteiger partial charge in [0.25, 0.3) is 0 Å². The molecule has 5 heteroatoms. The third-order valence-electron chi connectivity index (χ3n) is 4.71. The van der Waals surface area contributed by atoms with E-state index >= 15 is 0 Å². The van der Waals surface area contributed by atoms with Gasteiger partial charge in [-0.05, 0) is 38.6 Å². The molecule has 0 radical (unpaired) electrons. The normalized spacial score (nSPS) is 21.5. The summed E-state index contributed by atoms with van der Waals surface area (Å²) in [5.74, 6) is 2.96. The van der Waals surface area contributed by atoms with Gasteiger partial charge in [-0.15, -0.1) is 0 Å². The molecule has 3 heterocycles. The summed E-state index contributed by atoms with van der Waals surface area (Å²) in [6, 6.07) is 0. The first-order chi connectivity index (χ1) is 10.6. The van der Waals surface area contributed by atoms with Crippen molar-refractivity contribution < 1.29 is 4.79 Å². The lowest BCUT2D eigenvalue weighted by atomic mass is 10.0. The summed E-state index contributed by atoms with van der Waals surface area (Å²) >= 11 is 0. The van der Waals surface area contributed by atoms with Gasteiger partial charge >= 0.3 is 0 Å². The number of aryl methyl sites for hydroxylation is 1. The molecule has 3 rings (SSSR count). The van der Waals surface area contributed by atoms with Crippen molar-refractivity contribution in [2.45, 2.75) is 52.4 Å². The van der Waals surface area contributed by atoms with Gasteiger partial charge in [-0.2, -0.15) is 0 Å². The summed E-state index contributed by atoms with van der Waals surface area (Å²) in [6.45, 7) is 9.18. The molecule has 1 aromatic heterocycles. The van der Waals surface area contributed by atoms with Gasteiger partial charge in [-0.1, -0.05) is 13.8 Å². The minimum atomic E-state index is 0.210. The lowest BCUT2D eigenvalue weighted by Crippen LogP contribution is -2.38. The van der Waals surface area contributed by atoms with Crippen LogP contribution in [0.2, 0.25) is 0 Å². The van der Waals surface area contributed by atoms with E-state index in [1.807, 2.05) is 4.90 Å². The molecule has 1 N–H and O–H groups in total. The molecule has 0 aromatic carbocycles. The molecule has 22 heavy (non-hydrogen) atoms. The van der Waals surface area contributed by atoms with Gasteiger partial charge in [0.1, 0.15) is 11.6 Å². The predicted molar refractivity (Wildman–Crippen MR) is 87.1 cm³/mol. The standard InChI is InChI=1S/C17H26N4O/c1-11(2)7-9-21-15(22)5-4-14-12(3)19-16(20-17(14)21)13-6-8-18-10-13/h11,13,18H,4-10H2,1-3H3/t13-/m0/s1. The zero-order valence-corrected chi connectivity index (χ0v) is 13.9. The molecule has 5 nitrogen and oxygen atoms in total. The Balaban J connectivity index is 1.94. The minimum Gasteiger partial charge on any atom is -0.316 e. The second-order valence-corrected chi connectivity index (χ2v) is 6.89. The highest BCUT2D eigenvalue weighted by Gasteiger charge is 2.29. The third kappa shape index (κ3) is 3.00. The lowest BCUT2D eigenvalue weighted by molar-refractivity contribution is -0.119. The van der Waals surface area contributed by atoms with E-state index in [9.17, 15) is 4.79 Å². The fourth-order valence-electron chi connectivity index (χ4n) is 3.28. The third-order valence-corrected chi connectivity index (χ3v) is 4.71. The van der Waals surface area contributed by atoms with Gasteiger partial charge < -0.3 is 5.32 Å². The largest absolute Gasteiger partial charge is 0.316 e. The minimum absolute atomic E-state index is 0.210. The molecule has 0 spiro atoms. The van der Waals surface area contributed by atoms with Crippen LogP contribution in [0, 0.1) is 12.8 Å². The highest BCUT2D eigenvalue weighted by molar-refractivity contribution is 5.95. The first-order valence-corrected chi connectivity index (χ1v) is 8.44. The number of nitrogens with zero attached hydrogens (tertiary/aromatic N) is 3. The maximum absolute atomic E-state index is 12.4. The Morgan fingerprint density at radius 2 is 2.14 bits per heavy atom. The number of hydrogen-bond acceptors (Lipinski definition) is 4. The molecular formula is C17H26N4O. The highest BCUT2D eigenvalue weighted by atomic mass is 16.2. The van der Waals surface area contributed by atoms with Gasteiger partial charge in [-0.25, -0.2) is 9.97 Å². The molecule has 1 atom stereocenters. The average molecular weight is 302 g/mol. The van der Waals surface area contributed by atoms with Crippen molar-refractivity contribution in [3.8, 4) is 0 Å². The molecule has 120 valence electrons. The van der Waals surface area contributed by atoms with Crippen LogP contribution in [-0.4, -0.2) is 35.5 Å². The fraction of sp³-hybridized carbons (Fsp3) is 0.706. The van der Waals surface area contributed by atoms with Gasteiger partial charge in [-0.3, -0.25) is 9.69 Å². The number of carbonyl (C=O) groups excluding carboxylic acids is 1. The number of aromatic nitrogens is 2. The fourth-order valence-corrected chi connectivity index (χ4v) is 3.28. The van der Waals surface area contributed by atoms with E-state index in [0.717, 1.165) is 61.8 Å². The molecule has 1 fully saturated rings. The molecule has 0 saturated carbocycles. The quantitative estimate of drug-likeness (QED) is 0.926. The van der Waals surface area contributed by atoms with Crippen LogP contribution in [0.1, 0.15) is 56.1 Å². The van der Waals surface area contributed by atoms with E-state index < -0.39 is 0 Å². The Bertz CT molecular complexity index is 564. The zero-order chi connectivity index (χ0) is 15.7. The van der Waals surface area contributed by atoms with Crippen molar-refractivity contribution in [2.24, 2.45) is 5.92 Å². The van der Waals surface area contributed by atoms with Crippen molar-refractivity contribution >= 4 is 11.7 Å². The molecule has 2 aliphatic heterocycles. The summed E-state index contributed by atoms with van der Waals surface area (Å²) in [4.78, 5) is 23.8. The molecule has 0 bridgehead atoms. The van der Waals surface area contributed by atoms with Crippen LogP contribution >= 0.6 is 0 Å². The number of carbonyl (C=O) groups is 1. The molecule has 0 aliphatic carbocycles. The Hall–Kier alpha value is -1.49. The Morgan fingerprint density at radius 1 is 1.32 bits per heavy atom. The second-order valence-electron chi connectivity index (χ2n) is 6.89. The van der Waals surface area contributed by atoms with E-state index in [1.165, 1.54) is 0 Å². The van der Waals surface area contributed by atoms with Crippen LogP contribution in [0.4, 0.5) is 5.82 Å². The van der Waals surface area contributed by atoms with Crippen LogP contribution in [0.15, 0.2) is 0 Å². The van der Waals surface area contributed by atoms with Crippen LogP contribution in [0.25, 0.3) is 0 Å². The molecule has 0 unspecified atom stereocenters. The maximum atomic E-state index is 12.4. The number of anilines is 1. The Labute approximate surface area is 132 Å². The summed E-state index contributed by atoms with van der Waals surface area (Å²) in [6.07, 6.45) is 3.45. The van der Waals surface area contributed by atoms with Gasteiger partial charge in [0.15, 0.2) is 0 Å². The van der Waals surface area contributed by atoms with Crippen molar-refractivity contribution in [3.63, 3.8) is 0 Å². The van der Waals surface area contributed by atoms with Crippen LogP contribution < -0.4 is 10.2 Å². The van der Waals surface area contributed by atoms with Crippen molar-refractivity contribution in [1.82, 2.24) is 15.3 Å². The number of amides is 1. The lowest BCUT2D eigenvalue weighted by Gasteiger charge is -2.30. The van der Waals surface area contributed by atoms with Gasteiger partial charge in [0.05, 0.1) is 0 Å². The zero-order valence-electron chi connectivity index (χ0n) is 13.9. The van der Waals surface area contributed by atoms with E-state index in [1.54, 1.807) is 0 Å². The number of nitrogens with one attached hydrogen (secondary N) is 1. The number of fused-ring (bicyclic) bond motifs is 1. The van der Waals surface area contributed by atoms with Gasteiger partial charge in [0, 0.05) is 36.7 Å². The summed E-state index contributed by atoms with van der Waals surface area (Å²) < 4.78 is 0. The molecule has 2 aliphatic rings. The number of rotatable bonds is 4. The smallest absolute Gasteiger partial charge is 0.228 e. The Kier molecular flexibility index (Phi) is 4.43. The van der Waals surface area contributed by atoms with Crippen molar-refractivity contribution in [3.05, 3.63) is 17.1 Å². The van der Waals surface area contributed by atoms with E-state index in [-0.39, 0.29) is 5.91 Å². The average Bonchev–Trinajstić information content (AvgIpc) is 2.99. The monoisotopic (exact) mass is 302 g/mol. The Morgan fingerprint density at radius 3 is 2.82 bits per heavy atom. The maximum Gasteiger partial charge on any atom is 0.228 e. The SMILES string of the molecule is Cc1nc([C@H]2CCNC2)nc2c1CCC(=O)N2CCC(C)C. The summed E-state index contributed by atoms with van der Waals surface area (Å²) in [7, 11) is 0. The predicted octanol–water partition coefficient (Wildman–Crippen LogP) is 2.19. The first kappa shape index (κ1) is 15.4. The van der Waals surface area contributed by atoms with E-state index in [0.29, 0.717) is 18.3 Å². The topological polar surface area (TPSA) is 58.1 Å². The molecule has 1 aromatic rings. The first-order valence-electron chi connectivity index (χ1n) is 8.44.